The Morgan fingerprint density at radius 3 is 2.89 bits per heavy atom. The quantitative estimate of drug-likeness (QED) is 0.785. The maximum Gasteiger partial charge on any atom is 0.153 e. The number of carbonyl (C=O) groups excluding carboxylic acids is 1. The lowest BCUT2D eigenvalue weighted by Crippen LogP contribution is -2.45. The molecule has 3 nitrogen and oxygen atoms in total. The van der Waals surface area contributed by atoms with Gasteiger partial charge in [-0.05, 0) is 42.5 Å². The zero-order valence-electron chi connectivity index (χ0n) is 11.1. The highest BCUT2D eigenvalue weighted by Crippen LogP contribution is 2.29. The Morgan fingerprint density at radius 2 is 2.11 bits per heavy atom. The number of carbonyl (C=O) groups is 1. The van der Waals surface area contributed by atoms with E-state index in [9.17, 15) is 9.90 Å². The lowest BCUT2D eigenvalue weighted by Gasteiger charge is -2.37. The number of hydrogen-bond acceptors (Lipinski definition) is 3. The summed E-state index contributed by atoms with van der Waals surface area (Å²) in [6.07, 6.45) is 3.35. The average molecular weight is 257 g/mol. The van der Waals surface area contributed by atoms with Crippen LogP contribution < -0.4 is 0 Å². The number of allylic oxidation sites excluding steroid dienone is 1. The Hall–Kier alpha value is -1.61. The van der Waals surface area contributed by atoms with Crippen molar-refractivity contribution in [3.8, 4) is 5.75 Å². The third-order valence-electron chi connectivity index (χ3n) is 4.24. The number of aromatic hydroxyl groups is 1. The van der Waals surface area contributed by atoms with Crippen LogP contribution in [0, 0.1) is 0 Å². The van der Waals surface area contributed by atoms with E-state index in [0.29, 0.717) is 18.0 Å². The Balaban J connectivity index is 1.78. The van der Waals surface area contributed by atoms with Crippen molar-refractivity contribution in [3.05, 3.63) is 41.5 Å². The Morgan fingerprint density at radius 1 is 1.26 bits per heavy atom. The molecule has 1 fully saturated rings. The number of phenolic OH excluding ortho intramolecular Hbond substituents is 1. The topological polar surface area (TPSA) is 40.5 Å². The van der Waals surface area contributed by atoms with Crippen molar-refractivity contribution in [2.45, 2.75) is 38.3 Å². The minimum Gasteiger partial charge on any atom is -0.508 e. The number of hydrogen-bond donors (Lipinski definition) is 1. The summed E-state index contributed by atoms with van der Waals surface area (Å²) in [5, 5.41) is 9.57. The first-order valence-corrected chi connectivity index (χ1v) is 6.87. The van der Waals surface area contributed by atoms with Crippen LogP contribution in [0.2, 0.25) is 0 Å². The van der Waals surface area contributed by atoms with E-state index in [1.54, 1.807) is 6.07 Å². The highest BCUT2D eigenvalue weighted by atomic mass is 16.3. The van der Waals surface area contributed by atoms with Crippen LogP contribution in [-0.4, -0.2) is 28.4 Å². The second-order valence-electron chi connectivity index (χ2n) is 5.62. The van der Waals surface area contributed by atoms with Gasteiger partial charge in [-0.1, -0.05) is 18.2 Å². The van der Waals surface area contributed by atoms with E-state index in [-0.39, 0.29) is 6.04 Å². The van der Waals surface area contributed by atoms with Crippen LogP contribution in [0.25, 0.3) is 0 Å². The van der Waals surface area contributed by atoms with Gasteiger partial charge in [-0.3, -0.25) is 9.69 Å². The molecule has 0 radical (unpaired) electrons. The van der Waals surface area contributed by atoms with Gasteiger partial charge in [0.05, 0.1) is 6.04 Å². The molecule has 1 atom stereocenters. The van der Waals surface area contributed by atoms with Gasteiger partial charge >= 0.3 is 0 Å². The Labute approximate surface area is 113 Å². The van der Waals surface area contributed by atoms with Gasteiger partial charge in [0.25, 0.3) is 0 Å². The molecule has 2 aliphatic rings. The summed E-state index contributed by atoms with van der Waals surface area (Å²) < 4.78 is 0. The summed E-state index contributed by atoms with van der Waals surface area (Å²) in [5.41, 5.74) is 3.52. The third-order valence-corrected chi connectivity index (χ3v) is 4.24. The summed E-state index contributed by atoms with van der Waals surface area (Å²) in [6.45, 7) is 5.62. The number of benzene rings is 1. The van der Waals surface area contributed by atoms with Crippen LogP contribution in [0.4, 0.5) is 0 Å². The minimum absolute atomic E-state index is 0.0426. The molecular formula is C16H19NO2. The van der Waals surface area contributed by atoms with Crippen molar-refractivity contribution in [1.82, 2.24) is 4.90 Å². The number of phenols is 1. The van der Waals surface area contributed by atoms with Gasteiger partial charge in [-0.15, -0.1) is 0 Å². The highest BCUT2D eigenvalue weighted by molar-refractivity contribution is 5.87. The molecule has 0 spiro atoms. The largest absolute Gasteiger partial charge is 0.508 e. The van der Waals surface area contributed by atoms with Crippen molar-refractivity contribution in [2.75, 3.05) is 6.54 Å². The molecule has 19 heavy (non-hydrogen) atoms. The molecule has 0 aromatic heterocycles. The van der Waals surface area contributed by atoms with Gasteiger partial charge in [-0.2, -0.15) is 0 Å². The van der Waals surface area contributed by atoms with Gasteiger partial charge in [0.1, 0.15) is 5.75 Å². The number of Topliss-reactive ketones (excluding diaryl/α,β-unsaturated/α-hetero) is 1. The molecule has 0 amide bonds. The summed E-state index contributed by atoms with van der Waals surface area (Å²) in [4.78, 5) is 14.4. The number of fused-ring (bicyclic) bond motifs is 1. The Kier molecular flexibility index (Phi) is 3.15. The van der Waals surface area contributed by atoms with Crippen LogP contribution >= 0.6 is 0 Å². The molecule has 1 heterocycles. The number of rotatable bonds is 1. The third kappa shape index (κ3) is 2.43. The molecular weight excluding hydrogens is 238 g/mol. The molecule has 1 aromatic carbocycles. The van der Waals surface area contributed by atoms with E-state index >= 15 is 0 Å². The molecule has 3 heteroatoms. The van der Waals surface area contributed by atoms with Crippen molar-refractivity contribution >= 4 is 5.78 Å². The maximum atomic E-state index is 12.1. The first-order valence-electron chi connectivity index (χ1n) is 6.87. The van der Waals surface area contributed by atoms with E-state index in [1.165, 1.54) is 5.56 Å². The monoisotopic (exact) mass is 257 g/mol. The molecule has 0 bridgehead atoms. The summed E-state index contributed by atoms with van der Waals surface area (Å²) >= 11 is 0. The summed E-state index contributed by atoms with van der Waals surface area (Å²) in [5.74, 6) is 0.615. The molecule has 1 unspecified atom stereocenters. The predicted octanol–water partition coefficient (Wildman–Crippen LogP) is 2.43. The van der Waals surface area contributed by atoms with E-state index in [4.69, 9.17) is 0 Å². The van der Waals surface area contributed by atoms with E-state index < -0.39 is 0 Å². The highest BCUT2D eigenvalue weighted by Gasteiger charge is 2.31. The fraction of sp³-hybridized carbons (Fsp3) is 0.438. The van der Waals surface area contributed by atoms with Crippen molar-refractivity contribution in [1.29, 1.82) is 0 Å². The van der Waals surface area contributed by atoms with Crippen LogP contribution in [0.1, 0.15) is 30.4 Å². The van der Waals surface area contributed by atoms with Crippen LogP contribution in [0.15, 0.2) is 30.4 Å². The van der Waals surface area contributed by atoms with Crippen molar-refractivity contribution < 1.29 is 9.90 Å². The van der Waals surface area contributed by atoms with Gasteiger partial charge in [0, 0.05) is 19.5 Å². The lowest BCUT2D eigenvalue weighted by molar-refractivity contribution is -0.125. The van der Waals surface area contributed by atoms with Gasteiger partial charge in [-0.25, -0.2) is 0 Å². The smallest absolute Gasteiger partial charge is 0.153 e. The van der Waals surface area contributed by atoms with Gasteiger partial charge in [0.2, 0.25) is 0 Å². The summed E-state index contributed by atoms with van der Waals surface area (Å²) in [7, 11) is 0. The minimum atomic E-state index is 0.0426. The maximum absolute atomic E-state index is 12.1. The Bertz CT molecular complexity index is 536. The van der Waals surface area contributed by atoms with E-state index in [1.807, 2.05) is 12.1 Å². The molecule has 1 saturated carbocycles. The van der Waals surface area contributed by atoms with Crippen LogP contribution in [0.5, 0.6) is 5.75 Å². The predicted molar refractivity (Wildman–Crippen MR) is 74.0 cm³/mol. The fourth-order valence-corrected chi connectivity index (χ4v) is 3.17. The molecule has 1 aliphatic heterocycles. The first kappa shape index (κ1) is 12.4. The number of ketones is 1. The van der Waals surface area contributed by atoms with Gasteiger partial charge < -0.3 is 5.11 Å². The van der Waals surface area contributed by atoms with Crippen LogP contribution in [-0.2, 0) is 17.8 Å². The van der Waals surface area contributed by atoms with Crippen LogP contribution in [0.3, 0.4) is 0 Å². The van der Waals surface area contributed by atoms with Crippen molar-refractivity contribution in [3.63, 3.8) is 0 Å². The van der Waals surface area contributed by atoms with Crippen molar-refractivity contribution in [2.24, 2.45) is 0 Å². The molecule has 100 valence electrons. The number of nitrogens with zero attached hydrogens (tertiary/aromatic N) is 1. The second kappa shape index (κ2) is 4.82. The normalized spacial score (nSPS) is 24.3. The second-order valence-corrected chi connectivity index (χ2v) is 5.62. The molecule has 3 rings (SSSR count). The zero-order valence-corrected chi connectivity index (χ0v) is 11.1. The first-order chi connectivity index (χ1) is 9.13. The SMILES string of the molecule is C=C1CCC(N2CCc3ccc(O)cc3C2)C(=O)C1. The van der Waals surface area contributed by atoms with E-state index in [2.05, 4.69) is 11.5 Å². The standard InChI is InChI=1S/C16H19NO2/c1-11-2-5-15(16(19)8-11)17-7-6-12-3-4-14(18)9-13(12)10-17/h3-4,9,15,18H,1-2,5-8,10H2. The zero-order chi connectivity index (χ0) is 13.4. The van der Waals surface area contributed by atoms with E-state index in [0.717, 1.165) is 43.5 Å². The fourth-order valence-electron chi connectivity index (χ4n) is 3.17. The lowest BCUT2D eigenvalue weighted by atomic mass is 9.88. The molecule has 1 aliphatic carbocycles. The molecule has 1 aromatic rings. The molecule has 0 saturated heterocycles. The summed E-state index contributed by atoms with van der Waals surface area (Å²) in [6, 6.07) is 5.60. The van der Waals surface area contributed by atoms with Gasteiger partial charge in [0.15, 0.2) is 5.78 Å². The average Bonchev–Trinajstić information content (AvgIpc) is 2.38. The molecule has 1 N–H and O–H groups in total.